The van der Waals surface area contributed by atoms with E-state index in [0.717, 1.165) is 44.9 Å². The molecule has 4 heterocycles. The Kier molecular flexibility index (Phi) is 13.2. The number of alkyl halides is 2. The first-order chi connectivity index (χ1) is 34.2. The zero-order valence-corrected chi connectivity index (χ0v) is 42.4. The molecule has 4 aromatic rings. The van der Waals surface area contributed by atoms with Crippen molar-refractivity contribution in [3.8, 4) is 5.75 Å². The van der Waals surface area contributed by atoms with Gasteiger partial charge in [0.05, 0.1) is 4.88 Å². The molecule has 12 nitrogen and oxygen atoms in total. The minimum Gasteiger partial charge on any atom is -0.461 e. The Morgan fingerprint density at radius 1 is 0.873 bits per heavy atom. The van der Waals surface area contributed by atoms with E-state index in [1.807, 2.05) is 25.2 Å². The van der Waals surface area contributed by atoms with Crippen molar-refractivity contribution in [1.82, 2.24) is 25.1 Å². The lowest BCUT2D eigenvalue weighted by atomic mass is 9.65. The van der Waals surface area contributed by atoms with Crippen LogP contribution in [0, 0.1) is 5.41 Å². The maximum absolute atomic E-state index is 17.0. The summed E-state index contributed by atoms with van der Waals surface area (Å²) in [6.07, 6.45) is 11.8. The number of halogens is 2. The average Bonchev–Trinajstić information content (AvgIpc) is 3.76. The molecule has 378 valence electrons. The number of carbonyl (C=O) groups excluding carboxylic acids is 4. The van der Waals surface area contributed by atoms with Gasteiger partial charge in [-0.2, -0.15) is 0 Å². The molecular weight excluding hydrogens is 944 g/mol. The molecule has 7 fully saturated rings. The molecule has 3 aromatic carbocycles. The Balaban J connectivity index is 0.813. The standard InChI is InChI=1S/C55H66F2N5O7PS/c1-34(53(66)68-44-31-54(32-44)21-9-10-22-54)59-70(67,69-43-13-7-4-8-14-43)49(57)36-15-20-47-37(25-36)26-48(71-47)50(63)58-45-18-16-40(60(2)42-27-39(56)28-42)29-41-17-19-46(62(41)51(45)64)52(65)61-33-38(30-55(61)23-24-55)35-11-5-3-6-12-35/h3-8,11-15,20,25-26,34,38-42,44-46,49H,9-10,16-19,21-24,27-33H2,1-2H3,(H,58,63)(H,59,67)/t34-,38+,39?,40-,41+,42?,45-,46-,49+,70?/m0/s1. The van der Waals surface area contributed by atoms with Crippen molar-refractivity contribution in [1.29, 1.82) is 0 Å². The van der Waals surface area contributed by atoms with Crippen LogP contribution >= 0.6 is 18.9 Å². The summed E-state index contributed by atoms with van der Waals surface area (Å²) in [5.41, 5.74) is 1.33. The topological polar surface area (TPSA) is 138 Å². The van der Waals surface area contributed by atoms with Gasteiger partial charge in [0, 0.05) is 40.8 Å². The lowest BCUT2D eigenvalue weighted by Crippen LogP contribution is -2.59. The highest BCUT2D eigenvalue weighted by Crippen LogP contribution is 2.59. The molecule has 2 N–H and O–H groups in total. The van der Waals surface area contributed by atoms with E-state index in [9.17, 15) is 28.1 Å². The predicted octanol–water partition coefficient (Wildman–Crippen LogP) is 10.4. The lowest BCUT2D eigenvalue weighted by Gasteiger charge is -2.45. The smallest absolute Gasteiger partial charge is 0.355 e. The summed E-state index contributed by atoms with van der Waals surface area (Å²) in [7, 11) is -2.47. The maximum atomic E-state index is 17.0. The number of esters is 1. The molecule has 2 spiro atoms. The van der Waals surface area contributed by atoms with Gasteiger partial charge in [-0.25, -0.2) is 13.9 Å². The van der Waals surface area contributed by atoms with E-state index in [2.05, 4.69) is 32.3 Å². The van der Waals surface area contributed by atoms with Crippen LogP contribution in [0.2, 0.25) is 0 Å². The second-order valence-electron chi connectivity index (χ2n) is 22.1. The van der Waals surface area contributed by atoms with Crippen molar-refractivity contribution in [2.75, 3.05) is 13.6 Å². The second-order valence-corrected chi connectivity index (χ2v) is 25.3. The normalized spacial score (nSPS) is 29.4. The van der Waals surface area contributed by atoms with Crippen molar-refractivity contribution >= 4 is 52.6 Å². The number of benzene rings is 3. The van der Waals surface area contributed by atoms with Crippen LogP contribution in [0.1, 0.15) is 142 Å². The summed E-state index contributed by atoms with van der Waals surface area (Å²) >= 11 is 1.20. The molecule has 1 aromatic heterocycles. The van der Waals surface area contributed by atoms with Gasteiger partial charge in [0.15, 0.2) is 0 Å². The number of hydrogen-bond acceptors (Lipinski definition) is 9. The molecule has 1 unspecified atom stereocenters. The number of thiophene rings is 1. The zero-order chi connectivity index (χ0) is 49.2. The fraction of sp³-hybridized carbons (Fsp3) is 0.564. The largest absolute Gasteiger partial charge is 0.461 e. The summed E-state index contributed by atoms with van der Waals surface area (Å²) in [5, 5.41) is 6.32. The molecule has 3 aliphatic heterocycles. The molecule has 11 rings (SSSR count). The highest BCUT2D eigenvalue weighted by Gasteiger charge is 2.59. The van der Waals surface area contributed by atoms with Gasteiger partial charge in [0.2, 0.25) is 17.7 Å². The van der Waals surface area contributed by atoms with Crippen LogP contribution in [-0.2, 0) is 23.7 Å². The van der Waals surface area contributed by atoms with Crippen molar-refractivity contribution in [3.05, 3.63) is 101 Å². The number of likely N-dealkylation sites (tertiary alicyclic amines) is 1. The van der Waals surface area contributed by atoms with E-state index in [1.54, 1.807) is 47.4 Å². The first kappa shape index (κ1) is 48.6. The minimum atomic E-state index is -4.51. The van der Waals surface area contributed by atoms with Crippen LogP contribution in [0.4, 0.5) is 8.78 Å². The zero-order valence-electron chi connectivity index (χ0n) is 40.7. The molecule has 7 aliphatic rings. The summed E-state index contributed by atoms with van der Waals surface area (Å²) in [4.78, 5) is 64.0. The lowest BCUT2D eigenvalue weighted by molar-refractivity contribution is -0.162. The molecule has 3 amide bonds. The van der Waals surface area contributed by atoms with Gasteiger partial charge in [-0.1, -0.05) is 67.4 Å². The Labute approximate surface area is 419 Å². The van der Waals surface area contributed by atoms with E-state index < -0.39 is 49.6 Å². The van der Waals surface area contributed by atoms with Gasteiger partial charge in [0.25, 0.3) is 5.91 Å². The van der Waals surface area contributed by atoms with E-state index in [1.165, 1.54) is 48.8 Å². The third kappa shape index (κ3) is 9.58. The van der Waals surface area contributed by atoms with Crippen LogP contribution in [0.15, 0.2) is 84.9 Å². The van der Waals surface area contributed by atoms with Crippen LogP contribution in [0.25, 0.3) is 10.1 Å². The fourth-order valence-electron chi connectivity index (χ4n) is 13.2. The Morgan fingerprint density at radius 3 is 2.30 bits per heavy atom. The molecule has 8 atom stereocenters. The van der Waals surface area contributed by atoms with Gasteiger partial charge in [-0.15, -0.1) is 11.3 Å². The van der Waals surface area contributed by atoms with Crippen LogP contribution in [0.5, 0.6) is 5.75 Å². The molecule has 4 saturated carbocycles. The third-order valence-corrected chi connectivity index (χ3v) is 20.7. The Morgan fingerprint density at radius 2 is 1.59 bits per heavy atom. The molecule has 71 heavy (non-hydrogen) atoms. The molecule has 4 aliphatic carbocycles. The van der Waals surface area contributed by atoms with Crippen molar-refractivity contribution in [2.45, 2.75) is 176 Å². The molecule has 16 heteroatoms. The SMILES string of the molecule is C[C@H](NP(=O)(Oc1ccccc1)[C@@H](F)c1ccc2sc(C(=O)N[C@H]3CC[C@H](N(C)C4CC(F)C4)C[C@H]4CC[C@@H](C(=O)N5C[C@H](c6ccccc6)CC56CC6)N4C3=O)cc2c1)C(=O)OC1CC2(CCCC2)C1. The highest BCUT2D eigenvalue weighted by molar-refractivity contribution is 7.57. The number of para-hydroxylation sites is 1. The van der Waals surface area contributed by atoms with Crippen LogP contribution < -0.4 is 14.9 Å². The first-order valence-corrected chi connectivity index (χ1v) is 28.6. The van der Waals surface area contributed by atoms with Crippen molar-refractivity contribution in [3.63, 3.8) is 0 Å². The number of nitrogens with zero attached hydrogens (tertiary/aromatic N) is 3. The van der Waals surface area contributed by atoms with Crippen LogP contribution in [0.3, 0.4) is 0 Å². The minimum absolute atomic E-state index is 0.00733. The van der Waals surface area contributed by atoms with E-state index in [0.29, 0.717) is 66.5 Å². The Bertz CT molecular complexity index is 2690. The van der Waals surface area contributed by atoms with Gasteiger partial charge in [-0.05, 0) is 156 Å². The Hall–Kier alpha value is -4.69. The van der Waals surface area contributed by atoms with Gasteiger partial charge < -0.3 is 29.3 Å². The quantitative estimate of drug-likeness (QED) is 0.0934. The number of hydrogen-bond donors (Lipinski definition) is 2. The second kappa shape index (κ2) is 19.3. The maximum Gasteiger partial charge on any atom is 0.355 e. The van der Waals surface area contributed by atoms with Gasteiger partial charge in [-0.3, -0.25) is 23.7 Å². The van der Waals surface area contributed by atoms with E-state index in [4.69, 9.17) is 9.26 Å². The fourth-order valence-corrected chi connectivity index (χ4v) is 16.0. The molecule has 0 bridgehead atoms. The first-order valence-electron chi connectivity index (χ1n) is 26.0. The summed E-state index contributed by atoms with van der Waals surface area (Å²) in [5.74, 6) is -3.16. The van der Waals surface area contributed by atoms with Crippen molar-refractivity contribution < 1.29 is 41.8 Å². The van der Waals surface area contributed by atoms with Crippen molar-refractivity contribution in [2.24, 2.45) is 5.41 Å². The molecule has 3 saturated heterocycles. The number of rotatable bonds is 14. The number of carbonyl (C=O) groups is 4. The predicted molar refractivity (Wildman–Crippen MR) is 269 cm³/mol. The number of fused-ring (bicyclic) bond motifs is 2. The van der Waals surface area contributed by atoms with Gasteiger partial charge >= 0.3 is 13.5 Å². The monoisotopic (exact) mass is 1010 g/mol. The van der Waals surface area contributed by atoms with Crippen LogP contribution in [-0.4, -0.2) is 106 Å². The van der Waals surface area contributed by atoms with Gasteiger partial charge in [0.1, 0.15) is 36.2 Å². The summed E-state index contributed by atoms with van der Waals surface area (Å²) in [6.45, 7) is 2.12. The van der Waals surface area contributed by atoms with E-state index >= 15 is 4.39 Å². The number of nitrogens with one attached hydrogen (secondary N) is 2. The third-order valence-electron chi connectivity index (χ3n) is 17.5. The average molecular weight is 1010 g/mol. The molecule has 0 radical (unpaired) electrons. The van der Waals surface area contributed by atoms with E-state index in [-0.39, 0.29) is 64.2 Å². The molecular formula is C55H66F2N5O7PS. The number of ether oxygens (including phenoxy) is 1. The number of amides is 3. The highest BCUT2D eigenvalue weighted by atomic mass is 32.1. The summed E-state index contributed by atoms with van der Waals surface area (Å²) in [6, 6.07) is 22.2. The summed E-state index contributed by atoms with van der Waals surface area (Å²) < 4.78 is 58.3.